The van der Waals surface area contributed by atoms with Gasteiger partial charge in [-0.15, -0.1) is 0 Å². The van der Waals surface area contributed by atoms with Crippen molar-refractivity contribution in [2.24, 2.45) is 118 Å². The first kappa shape index (κ1) is 39.5. The van der Waals surface area contributed by atoms with Gasteiger partial charge in [-0.3, -0.25) is 0 Å². The van der Waals surface area contributed by atoms with Crippen molar-refractivity contribution in [3.63, 3.8) is 0 Å². The predicted molar refractivity (Wildman–Crippen MR) is 231 cm³/mol. The van der Waals surface area contributed by atoms with Gasteiger partial charge in [0.05, 0.1) is 0 Å². The lowest BCUT2D eigenvalue weighted by molar-refractivity contribution is 0.0834. The molecule has 0 saturated heterocycles. The normalized spacial score (nSPS) is 53.6. The van der Waals surface area contributed by atoms with Crippen molar-refractivity contribution in [2.75, 3.05) is 0 Å². The minimum absolute atomic E-state index is 1.04. The van der Waals surface area contributed by atoms with Crippen LogP contribution in [0.3, 0.4) is 0 Å². The number of rotatable bonds is 8. The van der Waals surface area contributed by atoms with Crippen LogP contribution in [0.4, 0.5) is 0 Å². The van der Waals surface area contributed by atoms with Gasteiger partial charge in [-0.05, 0) is 221 Å². The van der Waals surface area contributed by atoms with Crippen molar-refractivity contribution in [1.82, 2.24) is 0 Å². The van der Waals surface area contributed by atoms with E-state index in [0.717, 1.165) is 118 Å². The van der Waals surface area contributed by atoms with Gasteiger partial charge < -0.3 is 0 Å². The summed E-state index contributed by atoms with van der Waals surface area (Å²) in [6.45, 7) is 10.4. The molecule has 10 rings (SSSR count). The van der Waals surface area contributed by atoms with Crippen LogP contribution in [0.25, 0.3) is 0 Å². The molecule has 308 valence electrons. The van der Waals surface area contributed by atoms with E-state index in [0.29, 0.717) is 0 Å². The standard InChI is InChI=1S/2C27H46/c2*1-18-8-3-10-20(18)22-12-5-14-24(22)26-16-7-17-27(26)25-15-6-13-23(25)21-11-4-9-19(21)2/h2*18-27H,3-17H2,1-2H3/t18-,19+,20+,21-,22+,23-,24+,25-,26+,27-;18-,19+,20+,21-,22-,23+,24-,25+,26+,27-. The zero-order valence-electron chi connectivity index (χ0n) is 36.8. The summed E-state index contributed by atoms with van der Waals surface area (Å²) in [5.74, 6) is 22.1. The molecule has 0 bridgehead atoms. The van der Waals surface area contributed by atoms with Crippen molar-refractivity contribution in [3.8, 4) is 0 Å². The average Bonchev–Trinajstić information content (AvgIpc) is 3.97. The maximum Gasteiger partial charge on any atom is -0.0352 e. The molecular weight excluding hydrogens is 649 g/mol. The minimum Gasteiger partial charge on any atom is -0.0622 e. The maximum atomic E-state index is 2.59. The van der Waals surface area contributed by atoms with E-state index in [-0.39, 0.29) is 0 Å². The van der Waals surface area contributed by atoms with E-state index in [1.165, 1.54) is 51.4 Å². The first-order valence-electron chi connectivity index (χ1n) is 26.5. The quantitative estimate of drug-likeness (QED) is 0.232. The Morgan fingerprint density at radius 1 is 0.148 bits per heavy atom. The summed E-state index contributed by atoms with van der Waals surface area (Å²) in [6, 6.07) is 0. The van der Waals surface area contributed by atoms with E-state index in [1.807, 2.05) is 0 Å². The van der Waals surface area contributed by atoms with Crippen molar-refractivity contribution in [2.45, 2.75) is 220 Å². The highest BCUT2D eigenvalue weighted by molar-refractivity contribution is 5.01. The molecule has 0 aliphatic heterocycles. The zero-order valence-corrected chi connectivity index (χ0v) is 36.8. The summed E-state index contributed by atoms with van der Waals surface area (Å²) >= 11 is 0. The van der Waals surface area contributed by atoms with Crippen LogP contribution in [0.5, 0.6) is 0 Å². The van der Waals surface area contributed by atoms with E-state index >= 15 is 0 Å². The van der Waals surface area contributed by atoms with E-state index in [4.69, 9.17) is 0 Å². The van der Waals surface area contributed by atoms with Gasteiger partial charge in [-0.2, -0.15) is 0 Å². The summed E-state index contributed by atoms with van der Waals surface area (Å²) in [7, 11) is 0. The summed E-state index contributed by atoms with van der Waals surface area (Å²) in [5.41, 5.74) is 0. The molecule has 20 atom stereocenters. The smallest absolute Gasteiger partial charge is 0.0352 e. The van der Waals surface area contributed by atoms with Crippen molar-refractivity contribution < 1.29 is 0 Å². The first-order valence-corrected chi connectivity index (χ1v) is 26.5. The summed E-state index contributed by atoms with van der Waals surface area (Å²) in [4.78, 5) is 0. The second-order valence-electron chi connectivity index (χ2n) is 23.8. The van der Waals surface area contributed by atoms with Crippen LogP contribution in [0.15, 0.2) is 0 Å². The second-order valence-corrected chi connectivity index (χ2v) is 23.8. The van der Waals surface area contributed by atoms with Crippen LogP contribution < -0.4 is 0 Å². The molecule has 54 heavy (non-hydrogen) atoms. The van der Waals surface area contributed by atoms with Crippen LogP contribution in [-0.4, -0.2) is 0 Å². The predicted octanol–water partition coefficient (Wildman–Crippen LogP) is 16.2. The van der Waals surface area contributed by atoms with Crippen LogP contribution in [0, 0.1) is 118 Å². The fourth-order valence-corrected chi connectivity index (χ4v) is 19.7. The fourth-order valence-electron chi connectivity index (χ4n) is 19.7. The monoisotopic (exact) mass is 741 g/mol. The molecule has 0 aromatic carbocycles. The summed E-state index contributed by atoms with van der Waals surface area (Å²) < 4.78 is 0. The lowest BCUT2D eigenvalue weighted by Crippen LogP contribution is -2.34. The molecule has 10 aliphatic carbocycles. The van der Waals surface area contributed by atoms with E-state index in [2.05, 4.69) is 27.7 Å². The Morgan fingerprint density at radius 2 is 0.259 bits per heavy atom. The van der Waals surface area contributed by atoms with Crippen molar-refractivity contribution in [3.05, 3.63) is 0 Å². The summed E-state index contributed by atoms with van der Waals surface area (Å²) in [5, 5.41) is 0. The lowest BCUT2D eigenvalue weighted by Gasteiger charge is -2.40. The third-order valence-corrected chi connectivity index (χ3v) is 21.9. The Labute approximate surface area is 337 Å². The van der Waals surface area contributed by atoms with Crippen LogP contribution in [0.1, 0.15) is 220 Å². The third-order valence-electron chi connectivity index (χ3n) is 21.9. The van der Waals surface area contributed by atoms with E-state index < -0.39 is 0 Å². The molecule has 10 saturated carbocycles. The molecule has 0 N–H and O–H groups in total. The van der Waals surface area contributed by atoms with E-state index in [9.17, 15) is 0 Å². The zero-order chi connectivity index (χ0) is 36.8. The van der Waals surface area contributed by atoms with Gasteiger partial charge in [0.2, 0.25) is 0 Å². The molecule has 0 amide bonds. The Bertz CT molecular complexity index is 991. The topological polar surface area (TPSA) is 0 Å². The first-order chi connectivity index (χ1) is 26.5. The minimum atomic E-state index is 1.04. The Morgan fingerprint density at radius 3 is 0.389 bits per heavy atom. The van der Waals surface area contributed by atoms with Crippen LogP contribution in [0.2, 0.25) is 0 Å². The maximum absolute atomic E-state index is 2.59. The molecule has 0 aromatic heterocycles. The van der Waals surface area contributed by atoms with Gasteiger partial charge in [0, 0.05) is 0 Å². The molecule has 0 spiro atoms. The average molecular weight is 741 g/mol. The Hall–Kier alpha value is 0. The molecule has 0 heteroatoms. The molecule has 0 aromatic rings. The lowest BCUT2D eigenvalue weighted by atomic mass is 9.65. The highest BCUT2D eigenvalue weighted by atomic mass is 14.6. The number of hydrogen-bond donors (Lipinski definition) is 0. The molecule has 0 heterocycles. The third kappa shape index (κ3) is 7.76. The van der Waals surface area contributed by atoms with Gasteiger partial charge in [0.1, 0.15) is 0 Å². The molecule has 10 aliphatic rings. The van der Waals surface area contributed by atoms with Crippen molar-refractivity contribution >= 4 is 0 Å². The van der Waals surface area contributed by atoms with Gasteiger partial charge in [0.25, 0.3) is 0 Å². The Kier molecular flexibility index (Phi) is 12.9. The van der Waals surface area contributed by atoms with Gasteiger partial charge in [-0.1, -0.05) is 118 Å². The molecule has 10 fully saturated rings. The molecule has 0 radical (unpaired) electrons. The SMILES string of the molecule is C[C@@H]1CCC[C@@H]1[C@@H]1CCC[C@@H]1[C@@H]1CCC[C@@H]1[C@@H]1CCC[C@@H]1[C@@H]1CCC[C@@H]1C.C[C@@H]1CCC[C@@H]1[C@H]1CCC[C@H]1[C@@H]1CCC[C@@H]1[C@H]1CCC[C@H]1[C@@H]1CCC[C@@H]1C. The summed E-state index contributed by atoms with van der Waals surface area (Å²) in [6.07, 6.45) is 47.2. The highest BCUT2D eigenvalue weighted by Crippen LogP contribution is 2.60. The van der Waals surface area contributed by atoms with Crippen LogP contribution in [-0.2, 0) is 0 Å². The van der Waals surface area contributed by atoms with Crippen LogP contribution >= 0.6 is 0 Å². The highest BCUT2D eigenvalue weighted by Gasteiger charge is 2.52. The largest absolute Gasteiger partial charge is 0.0622 e. The van der Waals surface area contributed by atoms with Crippen molar-refractivity contribution in [1.29, 1.82) is 0 Å². The van der Waals surface area contributed by atoms with Gasteiger partial charge in [0.15, 0.2) is 0 Å². The molecular formula is C54H92. The Balaban J connectivity index is 0.000000142. The van der Waals surface area contributed by atoms with E-state index in [1.54, 1.807) is 141 Å². The van der Waals surface area contributed by atoms with Gasteiger partial charge >= 0.3 is 0 Å². The second kappa shape index (κ2) is 17.7. The molecule has 0 unspecified atom stereocenters. The fraction of sp³-hybridized carbons (Fsp3) is 1.00. The van der Waals surface area contributed by atoms with Gasteiger partial charge in [-0.25, -0.2) is 0 Å². The molecule has 0 nitrogen and oxygen atoms in total. The number of hydrogen-bond acceptors (Lipinski definition) is 0.